The van der Waals surface area contributed by atoms with E-state index in [2.05, 4.69) is 30.9 Å². The van der Waals surface area contributed by atoms with Crippen molar-refractivity contribution in [2.24, 2.45) is 7.05 Å². The lowest BCUT2D eigenvalue weighted by molar-refractivity contribution is -0.671. The Morgan fingerprint density at radius 2 is 1.50 bits per heavy atom. The van der Waals surface area contributed by atoms with Gasteiger partial charge in [-0.2, -0.15) is 13.2 Å². The SMILES string of the molecule is CC(C)n1cc[n+](C)c1.F[B-](F)(F)C(F)(F)C(F)(F)F. The molecule has 0 aliphatic heterocycles. The molecule has 0 unspecified atom stereocenters. The molecule has 118 valence electrons. The van der Waals surface area contributed by atoms with Crippen molar-refractivity contribution in [3.8, 4) is 0 Å². The second-order valence-electron chi connectivity index (χ2n) is 4.32. The molecule has 2 nitrogen and oxygen atoms in total. The van der Waals surface area contributed by atoms with E-state index in [1.807, 2.05) is 17.8 Å². The van der Waals surface area contributed by atoms with Crippen LogP contribution in [-0.2, 0) is 7.05 Å². The Morgan fingerprint density at radius 1 is 1.05 bits per heavy atom. The smallest absolute Gasteiger partial charge is 0.445 e. The van der Waals surface area contributed by atoms with Crippen LogP contribution in [-0.4, -0.2) is 23.5 Å². The first-order valence-electron chi connectivity index (χ1n) is 5.36. The molecule has 1 rings (SSSR count). The molecule has 1 heterocycles. The van der Waals surface area contributed by atoms with Crippen LogP contribution < -0.4 is 4.57 Å². The van der Waals surface area contributed by atoms with Crippen LogP contribution in [0.4, 0.5) is 34.9 Å². The molecule has 20 heavy (non-hydrogen) atoms. The van der Waals surface area contributed by atoms with Crippen LogP contribution in [0.5, 0.6) is 0 Å². The maximum Gasteiger partial charge on any atom is 0.558 e. The molecular weight excluding hydrogens is 299 g/mol. The summed E-state index contributed by atoms with van der Waals surface area (Å²) in [5.74, 6) is -6.56. The van der Waals surface area contributed by atoms with Crippen molar-refractivity contribution in [2.45, 2.75) is 31.9 Å². The third kappa shape index (κ3) is 4.67. The zero-order chi connectivity index (χ0) is 16.4. The molecular formula is C9H13BF8N2. The van der Waals surface area contributed by atoms with Gasteiger partial charge in [0, 0.05) is 0 Å². The van der Waals surface area contributed by atoms with E-state index >= 15 is 0 Å². The Bertz CT molecular complexity index is 404. The fraction of sp³-hybridized carbons (Fsp3) is 0.667. The highest BCUT2D eigenvalue weighted by molar-refractivity contribution is 6.61. The summed E-state index contributed by atoms with van der Waals surface area (Å²) in [5.41, 5.74) is 0. The molecule has 0 amide bonds. The summed E-state index contributed by atoms with van der Waals surface area (Å²) in [6.07, 6.45) is -0.361. The first-order chi connectivity index (χ1) is 8.70. The molecule has 0 N–H and O–H groups in total. The average molecular weight is 312 g/mol. The van der Waals surface area contributed by atoms with Crippen molar-refractivity contribution < 1.29 is 39.5 Å². The van der Waals surface area contributed by atoms with Crippen LogP contribution >= 0.6 is 0 Å². The van der Waals surface area contributed by atoms with Gasteiger partial charge in [-0.25, -0.2) is 17.9 Å². The average Bonchev–Trinajstić information content (AvgIpc) is 2.62. The summed E-state index contributed by atoms with van der Waals surface area (Å²) < 4.78 is 92.0. The number of rotatable bonds is 2. The number of alkyl halides is 5. The zero-order valence-electron chi connectivity index (χ0n) is 10.8. The molecule has 0 radical (unpaired) electrons. The van der Waals surface area contributed by atoms with Gasteiger partial charge in [-0.15, -0.1) is 0 Å². The third-order valence-corrected chi connectivity index (χ3v) is 2.17. The summed E-state index contributed by atoms with van der Waals surface area (Å²) in [5, 5.41) is 0. The normalized spacial score (nSPS) is 13.2. The van der Waals surface area contributed by atoms with Crippen molar-refractivity contribution in [3.05, 3.63) is 18.7 Å². The number of imidazole rings is 1. The Kier molecular flexibility index (Phi) is 5.62. The van der Waals surface area contributed by atoms with Crippen LogP contribution in [0.3, 0.4) is 0 Å². The summed E-state index contributed by atoms with van der Waals surface area (Å²) in [6, 6.07) is 0.575. The van der Waals surface area contributed by atoms with Crippen molar-refractivity contribution in [2.75, 3.05) is 0 Å². The molecule has 0 atom stereocenters. The molecule has 0 aliphatic rings. The summed E-state index contributed by atoms with van der Waals surface area (Å²) in [4.78, 5) is 0. The van der Waals surface area contributed by atoms with Gasteiger partial charge in [-0.05, 0) is 13.8 Å². The fourth-order valence-corrected chi connectivity index (χ4v) is 0.960. The van der Waals surface area contributed by atoms with E-state index in [9.17, 15) is 34.9 Å². The summed E-state index contributed by atoms with van der Waals surface area (Å²) in [6.45, 7) is -2.87. The Morgan fingerprint density at radius 3 is 1.60 bits per heavy atom. The Hall–Kier alpha value is -1.29. The maximum atomic E-state index is 11.2. The molecule has 11 heteroatoms. The van der Waals surface area contributed by atoms with Crippen molar-refractivity contribution in [1.29, 1.82) is 0 Å². The summed E-state index contributed by atoms with van der Waals surface area (Å²) >= 11 is 0. The second kappa shape index (κ2) is 6.00. The van der Waals surface area contributed by atoms with Gasteiger partial charge in [0.05, 0.1) is 13.1 Å². The van der Waals surface area contributed by atoms with E-state index in [0.717, 1.165) is 0 Å². The van der Waals surface area contributed by atoms with Crippen molar-refractivity contribution in [3.63, 3.8) is 0 Å². The Balaban J connectivity index is 0.000000367. The van der Waals surface area contributed by atoms with Crippen molar-refractivity contribution >= 4 is 6.98 Å². The third-order valence-electron chi connectivity index (χ3n) is 2.17. The van der Waals surface area contributed by atoms with E-state index in [1.54, 1.807) is 0 Å². The predicted octanol–water partition coefficient (Wildman–Crippen LogP) is 3.46. The lowest BCUT2D eigenvalue weighted by Gasteiger charge is -2.28. The molecule has 0 fully saturated rings. The van der Waals surface area contributed by atoms with Gasteiger partial charge in [0.1, 0.15) is 12.4 Å². The van der Waals surface area contributed by atoms with Gasteiger partial charge in [-0.1, -0.05) is 0 Å². The van der Waals surface area contributed by atoms with Gasteiger partial charge < -0.3 is 12.9 Å². The summed E-state index contributed by atoms with van der Waals surface area (Å²) in [7, 11) is 2.03. The van der Waals surface area contributed by atoms with Gasteiger partial charge in [0.2, 0.25) is 6.33 Å². The number of aromatic nitrogens is 2. The minimum atomic E-state index is -7.21. The van der Waals surface area contributed by atoms with Crippen LogP contribution in [0.2, 0.25) is 0 Å². The highest BCUT2D eigenvalue weighted by atomic mass is 19.4. The number of aryl methyl sites for hydroxylation is 1. The first kappa shape index (κ1) is 18.7. The lowest BCUT2D eigenvalue weighted by Crippen LogP contribution is -2.53. The lowest BCUT2D eigenvalue weighted by atomic mass is 9.80. The number of halogens is 8. The Labute approximate surface area is 110 Å². The monoisotopic (exact) mass is 312 g/mol. The van der Waals surface area contributed by atoms with Crippen LogP contribution in [0, 0.1) is 0 Å². The molecule has 1 aromatic heterocycles. The van der Waals surface area contributed by atoms with E-state index in [4.69, 9.17) is 0 Å². The quantitative estimate of drug-likeness (QED) is 0.449. The molecule has 0 aliphatic carbocycles. The largest absolute Gasteiger partial charge is 0.558 e. The molecule has 0 bridgehead atoms. The standard InChI is InChI=1S/C7H13N2.C2BF8/c1-7(2)9-5-4-8(3)6-9;4-1(5,2(6,7)8)3(9,10)11/h4-7H,1-3H3;/q+1;-1. The van der Waals surface area contributed by atoms with E-state index in [-0.39, 0.29) is 0 Å². The second-order valence-corrected chi connectivity index (χ2v) is 4.32. The van der Waals surface area contributed by atoms with Gasteiger partial charge in [-0.3, -0.25) is 0 Å². The molecule has 0 spiro atoms. The number of nitrogens with zero attached hydrogens (tertiary/aromatic N) is 2. The van der Waals surface area contributed by atoms with Crippen LogP contribution in [0.15, 0.2) is 18.7 Å². The van der Waals surface area contributed by atoms with E-state index < -0.39 is 19.0 Å². The van der Waals surface area contributed by atoms with Crippen molar-refractivity contribution in [1.82, 2.24) is 4.57 Å². The zero-order valence-corrected chi connectivity index (χ0v) is 10.8. The van der Waals surface area contributed by atoms with Gasteiger partial charge in [0.15, 0.2) is 0 Å². The highest BCUT2D eigenvalue weighted by Crippen LogP contribution is 2.43. The first-order valence-corrected chi connectivity index (χ1v) is 5.36. The fourth-order valence-electron chi connectivity index (χ4n) is 0.960. The molecule has 0 aromatic carbocycles. The van der Waals surface area contributed by atoms with Gasteiger partial charge >= 0.3 is 19.0 Å². The topological polar surface area (TPSA) is 8.81 Å². The minimum Gasteiger partial charge on any atom is -0.445 e. The molecule has 0 saturated carbocycles. The maximum absolute atomic E-state index is 11.2. The molecule has 0 saturated heterocycles. The minimum absolute atomic E-state index is 0.575. The predicted molar refractivity (Wildman–Crippen MR) is 56.1 cm³/mol. The van der Waals surface area contributed by atoms with Crippen LogP contribution in [0.1, 0.15) is 19.9 Å². The molecule has 1 aromatic rings. The van der Waals surface area contributed by atoms with E-state index in [1.165, 1.54) is 0 Å². The van der Waals surface area contributed by atoms with Crippen LogP contribution in [0.25, 0.3) is 0 Å². The van der Waals surface area contributed by atoms with E-state index in [0.29, 0.717) is 6.04 Å². The number of hydrogen-bond acceptors (Lipinski definition) is 0. The van der Waals surface area contributed by atoms with Gasteiger partial charge in [0.25, 0.3) is 0 Å². The number of hydrogen-bond donors (Lipinski definition) is 0. The highest BCUT2D eigenvalue weighted by Gasteiger charge is 2.69.